The van der Waals surface area contributed by atoms with Crippen molar-refractivity contribution in [1.29, 1.82) is 0 Å². The second-order valence-corrected chi connectivity index (χ2v) is 9.42. The molecule has 29 heavy (non-hydrogen) atoms. The van der Waals surface area contributed by atoms with Crippen molar-refractivity contribution in [2.75, 3.05) is 11.1 Å². The molecule has 154 valence electrons. The Bertz CT molecular complexity index is 1070. The Labute approximate surface area is 179 Å². The summed E-state index contributed by atoms with van der Waals surface area (Å²) in [5, 5.41) is 4.14. The van der Waals surface area contributed by atoms with Crippen LogP contribution in [0.15, 0.2) is 34.2 Å². The molecule has 0 bridgehead atoms. The smallest absolute Gasteiger partial charge is 0.260 e. The SMILES string of the molecule is CCc1ccccc1NC(=O)CSc1nc2sc(C)c(C[C@@H](C)CC)c2c(=O)[nH]1. The van der Waals surface area contributed by atoms with E-state index in [1.165, 1.54) is 11.8 Å². The number of thiophene rings is 1. The molecule has 1 atom stereocenters. The van der Waals surface area contributed by atoms with E-state index in [0.717, 1.165) is 45.8 Å². The van der Waals surface area contributed by atoms with Crippen molar-refractivity contribution in [3.05, 3.63) is 50.6 Å². The third-order valence-electron chi connectivity index (χ3n) is 5.10. The van der Waals surface area contributed by atoms with Gasteiger partial charge in [0.1, 0.15) is 4.83 Å². The molecule has 0 fully saturated rings. The first-order valence-corrected chi connectivity index (χ1v) is 11.8. The van der Waals surface area contributed by atoms with Gasteiger partial charge in [-0.1, -0.05) is 57.2 Å². The summed E-state index contributed by atoms with van der Waals surface area (Å²) in [7, 11) is 0. The molecule has 3 rings (SSSR count). The summed E-state index contributed by atoms with van der Waals surface area (Å²) in [5.41, 5.74) is 2.93. The molecule has 0 aliphatic rings. The van der Waals surface area contributed by atoms with E-state index in [9.17, 15) is 9.59 Å². The number of para-hydroxylation sites is 1. The molecule has 5 nitrogen and oxygen atoms in total. The zero-order valence-electron chi connectivity index (χ0n) is 17.3. The van der Waals surface area contributed by atoms with Crippen LogP contribution in [0.2, 0.25) is 0 Å². The predicted molar refractivity (Wildman–Crippen MR) is 123 cm³/mol. The lowest BCUT2D eigenvalue weighted by atomic mass is 9.98. The Balaban J connectivity index is 1.74. The maximum atomic E-state index is 12.7. The molecule has 3 aromatic rings. The van der Waals surface area contributed by atoms with E-state index in [2.05, 4.69) is 43.0 Å². The van der Waals surface area contributed by atoms with Crippen LogP contribution < -0.4 is 10.9 Å². The van der Waals surface area contributed by atoms with Crippen LogP contribution in [0, 0.1) is 12.8 Å². The lowest BCUT2D eigenvalue weighted by molar-refractivity contribution is -0.113. The average molecular weight is 430 g/mol. The van der Waals surface area contributed by atoms with Crippen molar-refractivity contribution < 1.29 is 4.79 Å². The summed E-state index contributed by atoms with van der Waals surface area (Å²) in [4.78, 5) is 34.5. The van der Waals surface area contributed by atoms with Crippen LogP contribution in [0.1, 0.15) is 43.2 Å². The van der Waals surface area contributed by atoms with Crippen molar-refractivity contribution in [2.24, 2.45) is 5.92 Å². The lowest BCUT2D eigenvalue weighted by Crippen LogP contribution is -2.16. The molecule has 0 aliphatic heterocycles. The number of thioether (sulfide) groups is 1. The highest BCUT2D eigenvalue weighted by molar-refractivity contribution is 7.99. The fourth-order valence-electron chi connectivity index (χ4n) is 3.23. The number of aromatic nitrogens is 2. The number of fused-ring (bicyclic) bond motifs is 1. The largest absolute Gasteiger partial charge is 0.325 e. The number of hydrogen-bond acceptors (Lipinski definition) is 5. The molecule has 2 heterocycles. The van der Waals surface area contributed by atoms with E-state index in [4.69, 9.17) is 0 Å². The Kier molecular flexibility index (Phi) is 7.14. The summed E-state index contributed by atoms with van der Waals surface area (Å²) < 4.78 is 0. The van der Waals surface area contributed by atoms with Crippen LogP contribution in [-0.2, 0) is 17.6 Å². The molecule has 0 radical (unpaired) electrons. The first kappa shape index (κ1) is 21.6. The predicted octanol–water partition coefficient (Wildman–Crippen LogP) is 5.17. The van der Waals surface area contributed by atoms with Crippen molar-refractivity contribution >= 4 is 44.9 Å². The number of nitrogens with one attached hydrogen (secondary N) is 2. The fraction of sp³-hybridized carbons (Fsp3) is 0.409. The number of H-pyrrole nitrogens is 1. The molecule has 0 unspecified atom stereocenters. The van der Waals surface area contributed by atoms with Gasteiger partial charge in [0.2, 0.25) is 5.91 Å². The van der Waals surface area contributed by atoms with Gasteiger partial charge in [-0.05, 0) is 42.9 Å². The van der Waals surface area contributed by atoms with E-state index in [0.29, 0.717) is 16.5 Å². The Morgan fingerprint density at radius 1 is 1.31 bits per heavy atom. The summed E-state index contributed by atoms with van der Waals surface area (Å²) in [6, 6.07) is 7.78. The first-order chi connectivity index (χ1) is 13.9. The minimum Gasteiger partial charge on any atom is -0.325 e. The lowest BCUT2D eigenvalue weighted by Gasteiger charge is -2.09. The molecule has 0 spiro atoms. The molecule has 2 N–H and O–H groups in total. The molecule has 7 heteroatoms. The second kappa shape index (κ2) is 9.59. The number of aromatic amines is 1. The van der Waals surface area contributed by atoms with E-state index in [-0.39, 0.29) is 17.2 Å². The summed E-state index contributed by atoms with van der Waals surface area (Å²) in [6.07, 6.45) is 2.82. The van der Waals surface area contributed by atoms with Gasteiger partial charge in [-0.25, -0.2) is 4.98 Å². The Hall–Kier alpha value is -2.12. The van der Waals surface area contributed by atoms with Crippen molar-refractivity contribution in [3.8, 4) is 0 Å². The zero-order chi connectivity index (χ0) is 21.0. The normalized spacial score (nSPS) is 12.3. The highest BCUT2D eigenvalue weighted by Gasteiger charge is 2.17. The minimum atomic E-state index is -0.114. The van der Waals surface area contributed by atoms with E-state index in [1.807, 2.05) is 24.3 Å². The quantitative estimate of drug-likeness (QED) is 0.382. The number of carbonyl (C=O) groups is 1. The van der Waals surface area contributed by atoms with Gasteiger partial charge in [0.05, 0.1) is 11.1 Å². The summed E-state index contributed by atoms with van der Waals surface area (Å²) in [6.45, 7) is 8.47. The van der Waals surface area contributed by atoms with Crippen LogP contribution in [0.4, 0.5) is 5.69 Å². The second-order valence-electron chi connectivity index (χ2n) is 7.25. The molecule has 0 saturated carbocycles. The molecular formula is C22H27N3O2S2. The van der Waals surface area contributed by atoms with Gasteiger partial charge >= 0.3 is 0 Å². The summed E-state index contributed by atoms with van der Waals surface area (Å²) in [5.74, 6) is 0.601. The number of amides is 1. The number of anilines is 1. The first-order valence-electron chi connectivity index (χ1n) is 9.95. The van der Waals surface area contributed by atoms with Crippen molar-refractivity contribution in [1.82, 2.24) is 9.97 Å². The van der Waals surface area contributed by atoms with Gasteiger partial charge in [0, 0.05) is 10.6 Å². The maximum Gasteiger partial charge on any atom is 0.260 e. The van der Waals surface area contributed by atoms with Gasteiger partial charge in [-0.3, -0.25) is 9.59 Å². The molecule has 0 aliphatic carbocycles. The molecule has 1 amide bonds. The van der Waals surface area contributed by atoms with Gasteiger partial charge in [-0.15, -0.1) is 11.3 Å². The number of benzene rings is 1. The van der Waals surface area contributed by atoms with Crippen molar-refractivity contribution in [2.45, 2.75) is 52.1 Å². The Morgan fingerprint density at radius 2 is 2.07 bits per heavy atom. The molecule has 0 saturated heterocycles. The zero-order valence-corrected chi connectivity index (χ0v) is 18.9. The minimum absolute atomic E-state index is 0.113. The monoisotopic (exact) mass is 429 g/mol. The fourth-order valence-corrected chi connectivity index (χ4v) is 5.01. The number of aryl methyl sites for hydroxylation is 2. The van der Waals surface area contributed by atoms with Crippen LogP contribution >= 0.6 is 23.1 Å². The van der Waals surface area contributed by atoms with E-state index >= 15 is 0 Å². The highest BCUT2D eigenvalue weighted by Crippen LogP contribution is 2.30. The van der Waals surface area contributed by atoms with E-state index < -0.39 is 0 Å². The third-order valence-corrected chi connectivity index (χ3v) is 7.02. The van der Waals surface area contributed by atoms with Crippen LogP contribution in [0.25, 0.3) is 10.2 Å². The van der Waals surface area contributed by atoms with Gasteiger partial charge in [0.25, 0.3) is 5.56 Å². The van der Waals surface area contributed by atoms with E-state index in [1.54, 1.807) is 11.3 Å². The number of nitrogens with zero attached hydrogens (tertiary/aromatic N) is 1. The van der Waals surface area contributed by atoms with Crippen LogP contribution in [0.5, 0.6) is 0 Å². The number of hydrogen-bond donors (Lipinski definition) is 2. The van der Waals surface area contributed by atoms with Gasteiger partial charge < -0.3 is 10.3 Å². The standard InChI is InChI=1S/C22H27N3O2S2/c1-5-13(3)11-16-14(4)29-21-19(16)20(27)24-22(25-21)28-12-18(26)23-17-10-8-7-9-15(17)6-2/h7-10,13H,5-6,11-12H2,1-4H3,(H,23,26)(H,24,25,27)/t13-/m0/s1. The Morgan fingerprint density at radius 3 is 2.79 bits per heavy atom. The van der Waals surface area contributed by atoms with Crippen molar-refractivity contribution in [3.63, 3.8) is 0 Å². The van der Waals surface area contributed by atoms with Crippen LogP contribution in [-0.4, -0.2) is 21.6 Å². The van der Waals surface area contributed by atoms with Gasteiger partial charge in [0.15, 0.2) is 5.16 Å². The van der Waals surface area contributed by atoms with Gasteiger partial charge in [-0.2, -0.15) is 0 Å². The average Bonchev–Trinajstić information content (AvgIpc) is 3.02. The molecular weight excluding hydrogens is 402 g/mol. The third kappa shape index (κ3) is 5.08. The summed E-state index contributed by atoms with van der Waals surface area (Å²) >= 11 is 2.81. The molecule has 1 aromatic carbocycles. The van der Waals surface area contributed by atoms with Crippen LogP contribution in [0.3, 0.4) is 0 Å². The maximum absolute atomic E-state index is 12.7. The number of rotatable bonds is 8. The molecule has 2 aromatic heterocycles. The topological polar surface area (TPSA) is 74.8 Å². The number of carbonyl (C=O) groups excluding carboxylic acids is 1. The highest BCUT2D eigenvalue weighted by atomic mass is 32.2.